The van der Waals surface area contributed by atoms with Crippen LogP contribution in [0.5, 0.6) is 5.75 Å². The number of carbonyl (C=O) groups is 1. The van der Waals surface area contributed by atoms with E-state index in [1.807, 2.05) is 24.3 Å². The van der Waals surface area contributed by atoms with Crippen LogP contribution in [-0.2, 0) is 0 Å². The Morgan fingerprint density at radius 2 is 1.55 bits per heavy atom. The van der Waals surface area contributed by atoms with E-state index in [9.17, 15) is 4.79 Å². The van der Waals surface area contributed by atoms with Crippen LogP contribution in [0, 0.1) is 0 Å². The van der Waals surface area contributed by atoms with E-state index in [1.165, 1.54) is 70.6 Å². The second-order valence-corrected chi connectivity index (χ2v) is 8.41. The smallest absolute Gasteiger partial charge is 0.254 e. The lowest BCUT2D eigenvalue weighted by molar-refractivity contribution is 0.0622. The van der Waals surface area contributed by atoms with Crippen molar-refractivity contribution < 1.29 is 9.53 Å². The third-order valence-corrected chi connectivity index (χ3v) is 6.09. The zero-order chi connectivity index (χ0) is 20.7. The van der Waals surface area contributed by atoms with E-state index in [1.54, 1.807) is 7.11 Å². The van der Waals surface area contributed by atoms with Crippen LogP contribution in [0.1, 0.15) is 94.3 Å². The van der Waals surface area contributed by atoms with Crippen molar-refractivity contribution in [3.05, 3.63) is 29.8 Å². The van der Waals surface area contributed by atoms with E-state index in [0.717, 1.165) is 37.4 Å². The van der Waals surface area contributed by atoms with Gasteiger partial charge >= 0.3 is 0 Å². The molecule has 1 aromatic carbocycles. The van der Waals surface area contributed by atoms with Gasteiger partial charge in [0.15, 0.2) is 0 Å². The van der Waals surface area contributed by atoms with E-state index in [2.05, 4.69) is 17.1 Å². The van der Waals surface area contributed by atoms with Gasteiger partial charge in [-0.3, -0.25) is 4.79 Å². The molecule has 0 aliphatic carbocycles. The van der Waals surface area contributed by atoms with Crippen LogP contribution in [0.15, 0.2) is 24.3 Å². The van der Waals surface area contributed by atoms with Crippen molar-refractivity contribution in [3.63, 3.8) is 0 Å². The van der Waals surface area contributed by atoms with Crippen LogP contribution >= 0.6 is 0 Å². The summed E-state index contributed by atoms with van der Waals surface area (Å²) in [6.45, 7) is 4.88. The number of nitrogens with zero attached hydrogens (tertiary/aromatic N) is 1. The Kier molecular flexibility index (Phi) is 11.8. The quantitative estimate of drug-likeness (QED) is 0.399. The third-order valence-electron chi connectivity index (χ3n) is 6.09. The highest BCUT2D eigenvalue weighted by atomic mass is 16.5. The van der Waals surface area contributed by atoms with Crippen molar-refractivity contribution in [1.82, 2.24) is 10.2 Å². The van der Waals surface area contributed by atoms with Crippen molar-refractivity contribution in [1.29, 1.82) is 0 Å². The Morgan fingerprint density at radius 3 is 2.14 bits per heavy atom. The summed E-state index contributed by atoms with van der Waals surface area (Å²) in [4.78, 5) is 15.0. The lowest BCUT2D eigenvalue weighted by atomic mass is 10.0. The fraction of sp³-hybridized carbons (Fsp3) is 0.720. The molecule has 4 nitrogen and oxygen atoms in total. The minimum Gasteiger partial charge on any atom is -0.497 e. The van der Waals surface area contributed by atoms with Gasteiger partial charge in [0, 0.05) is 31.2 Å². The number of nitrogens with one attached hydrogen (secondary N) is 1. The largest absolute Gasteiger partial charge is 0.497 e. The van der Waals surface area contributed by atoms with Crippen LogP contribution in [-0.4, -0.2) is 43.6 Å². The first kappa shape index (κ1) is 23.7. The summed E-state index contributed by atoms with van der Waals surface area (Å²) in [6.07, 6.45) is 16.1. The predicted molar refractivity (Wildman–Crippen MR) is 122 cm³/mol. The van der Waals surface area contributed by atoms with Gasteiger partial charge in [0.05, 0.1) is 7.11 Å². The molecule has 0 bridgehead atoms. The number of carbonyl (C=O) groups excluding carboxylic acids is 1. The van der Waals surface area contributed by atoms with Gasteiger partial charge in [-0.05, 0) is 30.7 Å². The van der Waals surface area contributed by atoms with Gasteiger partial charge in [-0.15, -0.1) is 0 Å². The molecule has 1 N–H and O–H groups in total. The highest BCUT2D eigenvalue weighted by Crippen LogP contribution is 2.19. The maximum Gasteiger partial charge on any atom is 0.254 e. The van der Waals surface area contributed by atoms with Crippen molar-refractivity contribution in [2.45, 2.75) is 90.0 Å². The zero-order valence-electron chi connectivity index (χ0n) is 18.8. The molecule has 4 heteroatoms. The standard InChI is InChI=1S/C25H42N2O2/c1-3-4-5-6-7-8-9-10-11-12-13-14-23-21-26-19-20-27(23)25(28)22-15-17-24(29-2)18-16-22/h15-18,23,26H,3-14,19-21H2,1-2H3. The molecule has 1 aliphatic heterocycles. The number of rotatable bonds is 14. The first-order valence-electron chi connectivity index (χ1n) is 11.9. The first-order valence-corrected chi connectivity index (χ1v) is 11.9. The van der Waals surface area contributed by atoms with Gasteiger partial charge in [0.25, 0.3) is 5.91 Å². The Labute approximate surface area is 178 Å². The number of benzene rings is 1. The van der Waals surface area contributed by atoms with Gasteiger partial charge in [-0.2, -0.15) is 0 Å². The molecule has 1 heterocycles. The minimum absolute atomic E-state index is 0.155. The molecule has 1 unspecified atom stereocenters. The van der Waals surface area contributed by atoms with Gasteiger partial charge in [0.1, 0.15) is 5.75 Å². The van der Waals surface area contributed by atoms with Crippen LogP contribution in [0.25, 0.3) is 0 Å². The molecule has 0 radical (unpaired) electrons. The summed E-state index contributed by atoms with van der Waals surface area (Å²) >= 11 is 0. The fourth-order valence-electron chi connectivity index (χ4n) is 4.23. The summed E-state index contributed by atoms with van der Waals surface area (Å²) in [5.41, 5.74) is 0.761. The zero-order valence-corrected chi connectivity index (χ0v) is 18.8. The minimum atomic E-state index is 0.155. The Balaban J connectivity index is 1.63. The molecular formula is C25H42N2O2. The van der Waals surface area contributed by atoms with E-state index in [4.69, 9.17) is 4.74 Å². The molecule has 0 saturated carbocycles. The highest BCUT2D eigenvalue weighted by Gasteiger charge is 2.26. The number of ether oxygens (including phenoxy) is 1. The molecule has 2 rings (SSSR count). The number of piperazine rings is 1. The van der Waals surface area contributed by atoms with Gasteiger partial charge in [0.2, 0.25) is 0 Å². The molecule has 1 atom stereocenters. The van der Waals surface area contributed by atoms with E-state index < -0.39 is 0 Å². The maximum absolute atomic E-state index is 13.0. The first-order chi connectivity index (χ1) is 14.3. The van der Waals surface area contributed by atoms with Crippen LogP contribution in [0.3, 0.4) is 0 Å². The van der Waals surface area contributed by atoms with Crippen LogP contribution < -0.4 is 10.1 Å². The van der Waals surface area contributed by atoms with Crippen molar-refractivity contribution in [2.75, 3.05) is 26.7 Å². The van der Waals surface area contributed by atoms with E-state index in [-0.39, 0.29) is 5.91 Å². The third kappa shape index (κ3) is 8.77. The molecule has 0 spiro atoms. The van der Waals surface area contributed by atoms with Crippen LogP contribution in [0.4, 0.5) is 0 Å². The monoisotopic (exact) mass is 402 g/mol. The predicted octanol–water partition coefficient (Wildman–Crippen LogP) is 5.81. The lowest BCUT2D eigenvalue weighted by Gasteiger charge is -2.36. The van der Waals surface area contributed by atoms with Crippen molar-refractivity contribution >= 4 is 5.91 Å². The van der Waals surface area contributed by atoms with Gasteiger partial charge in [-0.1, -0.05) is 77.6 Å². The molecule has 1 fully saturated rings. The van der Waals surface area contributed by atoms with Crippen LogP contribution in [0.2, 0.25) is 0 Å². The summed E-state index contributed by atoms with van der Waals surface area (Å²) < 4.78 is 5.20. The van der Waals surface area contributed by atoms with Crippen molar-refractivity contribution in [3.8, 4) is 5.75 Å². The van der Waals surface area contributed by atoms with E-state index >= 15 is 0 Å². The summed E-state index contributed by atoms with van der Waals surface area (Å²) in [7, 11) is 1.65. The summed E-state index contributed by atoms with van der Waals surface area (Å²) in [5.74, 6) is 0.946. The average Bonchev–Trinajstić information content (AvgIpc) is 2.77. The highest BCUT2D eigenvalue weighted by molar-refractivity contribution is 5.94. The van der Waals surface area contributed by atoms with Gasteiger partial charge < -0.3 is 15.0 Å². The number of amides is 1. The second kappa shape index (κ2) is 14.4. The summed E-state index contributed by atoms with van der Waals surface area (Å²) in [5, 5.41) is 3.47. The Bertz CT molecular complexity index is 558. The second-order valence-electron chi connectivity index (χ2n) is 8.41. The average molecular weight is 403 g/mol. The Hall–Kier alpha value is -1.55. The molecule has 164 valence electrons. The normalized spacial score (nSPS) is 16.8. The maximum atomic E-state index is 13.0. The number of hydrogen-bond donors (Lipinski definition) is 1. The summed E-state index contributed by atoms with van der Waals surface area (Å²) in [6, 6.07) is 7.81. The SMILES string of the molecule is CCCCCCCCCCCCCC1CNCCN1C(=O)c1ccc(OC)cc1. The van der Waals surface area contributed by atoms with Gasteiger partial charge in [-0.25, -0.2) is 0 Å². The number of unbranched alkanes of at least 4 members (excludes halogenated alkanes) is 10. The molecule has 1 aliphatic rings. The lowest BCUT2D eigenvalue weighted by Crippen LogP contribution is -2.53. The van der Waals surface area contributed by atoms with E-state index in [0.29, 0.717) is 6.04 Å². The molecule has 1 amide bonds. The molecule has 1 aromatic rings. The topological polar surface area (TPSA) is 41.6 Å². The number of hydrogen-bond acceptors (Lipinski definition) is 3. The van der Waals surface area contributed by atoms with Crippen molar-refractivity contribution in [2.24, 2.45) is 0 Å². The molecule has 0 aromatic heterocycles. The Morgan fingerprint density at radius 1 is 0.966 bits per heavy atom. The fourth-order valence-corrected chi connectivity index (χ4v) is 4.23. The molecule has 1 saturated heterocycles. The molecule has 29 heavy (non-hydrogen) atoms. The molecular weight excluding hydrogens is 360 g/mol. The number of methoxy groups -OCH3 is 1.